The van der Waals surface area contributed by atoms with Gasteiger partial charge in [-0.15, -0.1) is 11.3 Å². The number of rotatable bonds is 3. The summed E-state index contributed by atoms with van der Waals surface area (Å²) in [4.78, 5) is 1.10. The highest BCUT2D eigenvalue weighted by atomic mass is 79.9. The van der Waals surface area contributed by atoms with E-state index in [9.17, 15) is 4.39 Å². The number of thiophene rings is 1. The molecule has 0 amide bonds. The number of nitrogens with two attached hydrogens (primary N) is 1. The molecule has 16 heavy (non-hydrogen) atoms. The maximum atomic E-state index is 13.1. The number of hydrogen-bond donors (Lipinski definition) is 2. The van der Waals surface area contributed by atoms with Crippen LogP contribution < -0.4 is 11.3 Å². The van der Waals surface area contributed by atoms with Crippen LogP contribution in [-0.2, 0) is 0 Å². The topological polar surface area (TPSA) is 38.0 Å². The molecule has 1 aromatic carbocycles. The Labute approximate surface area is 105 Å². The number of hydrogen-bond acceptors (Lipinski definition) is 3. The highest BCUT2D eigenvalue weighted by Crippen LogP contribution is 2.28. The highest BCUT2D eigenvalue weighted by Gasteiger charge is 2.14. The maximum absolute atomic E-state index is 13.1. The van der Waals surface area contributed by atoms with Crippen LogP contribution >= 0.6 is 27.3 Å². The molecule has 2 nitrogen and oxygen atoms in total. The molecule has 2 aromatic rings. The summed E-state index contributed by atoms with van der Waals surface area (Å²) in [5.74, 6) is 5.26. The molecule has 0 saturated heterocycles. The van der Waals surface area contributed by atoms with E-state index in [4.69, 9.17) is 5.84 Å². The summed E-state index contributed by atoms with van der Waals surface area (Å²) in [6.45, 7) is 0. The van der Waals surface area contributed by atoms with Crippen molar-refractivity contribution in [3.8, 4) is 0 Å². The molecule has 84 valence electrons. The molecule has 5 heteroatoms. The van der Waals surface area contributed by atoms with E-state index in [1.165, 1.54) is 6.07 Å². The molecule has 0 saturated carbocycles. The Morgan fingerprint density at radius 2 is 2.19 bits per heavy atom. The third kappa shape index (κ3) is 2.32. The van der Waals surface area contributed by atoms with Crippen LogP contribution in [0.25, 0.3) is 0 Å². The highest BCUT2D eigenvalue weighted by molar-refractivity contribution is 9.10. The summed E-state index contributed by atoms with van der Waals surface area (Å²) in [7, 11) is 0. The Hall–Kier alpha value is -0.750. The zero-order chi connectivity index (χ0) is 11.5. The SMILES string of the molecule is NNC(c1ccc(F)c(Br)c1)c1cccs1. The Morgan fingerprint density at radius 1 is 1.38 bits per heavy atom. The third-order valence-corrected chi connectivity index (χ3v) is 3.82. The molecular formula is C11H10BrFN2S. The zero-order valence-corrected chi connectivity index (χ0v) is 10.7. The van der Waals surface area contributed by atoms with Crippen molar-refractivity contribution in [3.05, 3.63) is 56.4 Å². The van der Waals surface area contributed by atoms with E-state index >= 15 is 0 Å². The number of benzene rings is 1. The number of hydrazine groups is 1. The van der Waals surface area contributed by atoms with Crippen LogP contribution in [0.15, 0.2) is 40.2 Å². The normalized spacial score (nSPS) is 12.7. The Bertz CT molecular complexity index is 473. The molecule has 2 rings (SSSR count). The van der Waals surface area contributed by atoms with Crippen LogP contribution in [0.3, 0.4) is 0 Å². The molecule has 3 N–H and O–H groups in total. The van der Waals surface area contributed by atoms with Crippen molar-refractivity contribution in [1.82, 2.24) is 5.43 Å². The maximum Gasteiger partial charge on any atom is 0.137 e. The molecule has 0 radical (unpaired) electrons. The van der Waals surface area contributed by atoms with Gasteiger partial charge in [0.2, 0.25) is 0 Å². The molecule has 1 atom stereocenters. The van der Waals surface area contributed by atoms with Crippen LogP contribution in [0.2, 0.25) is 0 Å². The molecule has 0 aliphatic heterocycles. The van der Waals surface area contributed by atoms with Gasteiger partial charge in [0.15, 0.2) is 0 Å². The molecule has 0 aliphatic carbocycles. The van der Waals surface area contributed by atoms with E-state index in [0.29, 0.717) is 4.47 Å². The van der Waals surface area contributed by atoms with Crippen LogP contribution in [0, 0.1) is 5.82 Å². The second kappa shape index (κ2) is 5.05. The van der Waals surface area contributed by atoms with Gasteiger partial charge in [0.05, 0.1) is 10.5 Å². The van der Waals surface area contributed by atoms with Gasteiger partial charge in [-0.05, 0) is 45.1 Å². The van der Waals surface area contributed by atoms with Crippen LogP contribution in [0.1, 0.15) is 16.5 Å². The van der Waals surface area contributed by atoms with Crippen molar-refractivity contribution in [2.45, 2.75) is 6.04 Å². The second-order valence-electron chi connectivity index (χ2n) is 3.29. The fraction of sp³-hybridized carbons (Fsp3) is 0.0909. The fourth-order valence-corrected chi connectivity index (χ4v) is 2.70. The minimum atomic E-state index is -0.272. The lowest BCUT2D eigenvalue weighted by Crippen LogP contribution is -2.28. The van der Waals surface area contributed by atoms with Gasteiger partial charge in [-0.2, -0.15) is 0 Å². The van der Waals surface area contributed by atoms with Crippen molar-refractivity contribution in [3.63, 3.8) is 0 Å². The zero-order valence-electron chi connectivity index (χ0n) is 8.28. The van der Waals surface area contributed by atoms with Crippen LogP contribution in [0.4, 0.5) is 4.39 Å². The molecule has 1 heterocycles. The first kappa shape index (κ1) is 11.7. The molecule has 1 unspecified atom stereocenters. The lowest BCUT2D eigenvalue weighted by molar-refractivity contribution is 0.612. The van der Waals surface area contributed by atoms with Gasteiger partial charge in [0.25, 0.3) is 0 Å². The average molecular weight is 301 g/mol. The molecule has 1 aromatic heterocycles. The van der Waals surface area contributed by atoms with Crippen molar-refractivity contribution < 1.29 is 4.39 Å². The predicted molar refractivity (Wildman–Crippen MR) is 67.6 cm³/mol. The largest absolute Gasteiger partial charge is 0.271 e. The lowest BCUT2D eigenvalue weighted by atomic mass is 10.1. The van der Waals surface area contributed by atoms with Crippen molar-refractivity contribution in [2.75, 3.05) is 0 Å². The Balaban J connectivity index is 2.37. The molecular weight excluding hydrogens is 291 g/mol. The van der Waals surface area contributed by atoms with Gasteiger partial charge in [-0.1, -0.05) is 12.1 Å². The van der Waals surface area contributed by atoms with Crippen LogP contribution in [-0.4, -0.2) is 0 Å². The smallest absolute Gasteiger partial charge is 0.137 e. The molecule has 0 spiro atoms. The van der Waals surface area contributed by atoms with Gasteiger partial charge in [0, 0.05) is 4.88 Å². The first-order chi connectivity index (χ1) is 7.72. The number of nitrogens with one attached hydrogen (secondary N) is 1. The summed E-state index contributed by atoms with van der Waals surface area (Å²) in [6, 6.07) is 8.74. The second-order valence-corrected chi connectivity index (χ2v) is 5.12. The van der Waals surface area contributed by atoms with Crippen molar-refractivity contribution in [2.24, 2.45) is 5.84 Å². The molecule has 0 aliphatic rings. The van der Waals surface area contributed by atoms with E-state index in [0.717, 1.165) is 10.4 Å². The van der Waals surface area contributed by atoms with Crippen molar-refractivity contribution in [1.29, 1.82) is 0 Å². The van der Waals surface area contributed by atoms with Gasteiger partial charge in [-0.3, -0.25) is 5.84 Å². The minimum Gasteiger partial charge on any atom is -0.271 e. The number of halogens is 2. The summed E-state index contributed by atoms with van der Waals surface area (Å²) in [5.41, 5.74) is 3.66. The van der Waals surface area contributed by atoms with E-state index in [1.807, 2.05) is 17.5 Å². The summed E-state index contributed by atoms with van der Waals surface area (Å²) in [5, 5.41) is 1.98. The van der Waals surface area contributed by atoms with E-state index in [-0.39, 0.29) is 11.9 Å². The van der Waals surface area contributed by atoms with Crippen LogP contribution in [0.5, 0.6) is 0 Å². The van der Waals surface area contributed by atoms with Crippen molar-refractivity contribution >= 4 is 27.3 Å². The quantitative estimate of drug-likeness (QED) is 0.675. The van der Waals surface area contributed by atoms with E-state index in [1.54, 1.807) is 23.5 Å². The monoisotopic (exact) mass is 300 g/mol. The van der Waals surface area contributed by atoms with E-state index < -0.39 is 0 Å². The Morgan fingerprint density at radius 3 is 2.75 bits per heavy atom. The Kier molecular flexibility index (Phi) is 3.70. The van der Waals surface area contributed by atoms with E-state index in [2.05, 4.69) is 21.4 Å². The lowest BCUT2D eigenvalue weighted by Gasteiger charge is -2.15. The minimum absolute atomic E-state index is 0.100. The van der Waals surface area contributed by atoms with Gasteiger partial charge < -0.3 is 0 Å². The molecule has 0 fully saturated rings. The summed E-state index contributed by atoms with van der Waals surface area (Å²) >= 11 is 4.78. The first-order valence-electron chi connectivity index (χ1n) is 4.67. The standard InChI is InChI=1S/C11H10BrFN2S/c12-8-6-7(3-4-9(8)13)11(15-14)10-2-1-5-16-10/h1-6,11,15H,14H2. The predicted octanol–water partition coefficient (Wildman–Crippen LogP) is 3.20. The fourth-order valence-electron chi connectivity index (χ4n) is 1.49. The first-order valence-corrected chi connectivity index (χ1v) is 6.34. The molecule has 0 bridgehead atoms. The summed E-state index contributed by atoms with van der Waals surface area (Å²) in [6.07, 6.45) is 0. The van der Waals surface area contributed by atoms with Gasteiger partial charge in [-0.25, -0.2) is 9.82 Å². The van der Waals surface area contributed by atoms with Gasteiger partial charge in [0.1, 0.15) is 5.82 Å². The third-order valence-electron chi connectivity index (χ3n) is 2.27. The van der Waals surface area contributed by atoms with Gasteiger partial charge >= 0.3 is 0 Å². The summed E-state index contributed by atoms with van der Waals surface area (Å²) < 4.78 is 13.6. The average Bonchev–Trinajstić information content (AvgIpc) is 2.78.